The van der Waals surface area contributed by atoms with Crippen molar-refractivity contribution in [1.82, 2.24) is 19.9 Å². The molecule has 4 rings (SSSR count). The lowest BCUT2D eigenvalue weighted by Crippen LogP contribution is -2.30. The van der Waals surface area contributed by atoms with Crippen molar-refractivity contribution in [2.24, 2.45) is 7.05 Å². The van der Waals surface area contributed by atoms with Gasteiger partial charge in [0, 0.05) is 18.1 Å². The molecule has 1 aliphatic carbocycles. The number of aromatic nitrogens is 3. The highest BCUT2D eigenvalue weighted by Gasteiger charge is 2.25. The van der Waals surface area contributed by atoms with Crippen molar-refractivity contribution in [3.63, 3.8) is 0 Å². The molecule has 118 valence electrons. The van der Waals surface area contributed by atoms with E-state index in [4.69, 9.17) is 11.6 Å². The van der Waals surface area contributed by atoms with Crippen LogP contribution in [0.3, 0.4) is 0 Å². The van der Waals surface area contributed by atoms with Crippen LogP contribution in [0.1, 0.15) is 39.7 Å². The van der Waals surface area contributed by atoms with Gasteiger partial charge in [0.25, 0.3) is 5.91 Å². The van der Waals surface area contributed by atoms with Gasteiger partial charge in [-0.25, -0.2) is 9.97 Å². The molecule has 23 heavy (non-hydrogen) atoms. The van der Waals surface area contributed by atoms with Crippen molar-refractivity contribution in [3.8, 4) is 0 Å². The molecule has 1 N–H and O–H groups in total. The summed E-state index contributed by atoms with van der Waals surface area (Å²) in [6, 6.07) is 3.71. The molecule has 0 aliphatic heterocycles. The highest BCUT2D eigenvalue weighted by molar-refractivity contribution is 7.16. The number of nitrogens with one attached hydrogen (secondary N) is 1. The lowest BCUT2D eigenvalue weighted by Gasteiger charge is -2.23. The normalized spacial score (nSPS) is 17.2. The van der Waals surface area contributed by atoms with Gasteiger partial charge in [-0.1, -0.05) is 11.6 Å². The lowest BCUT2D eigenvalue weighted by molar-refractivity contribution is 0.0934. The maximum absolute atomic E-state index is 12.7. The predicted molar refractivity (Wildman–Crippen MR) is 91.0 cm³/mol. The largest absolute Gasteiger partial charge is 0.345 e. The molecule has 0 spiro atoms. The standard InChI is InChI=1S/C16H15ClN4OS/c1-21-8-19-14-9(5-6-18-15(14)21)16(22)20-11-3-2-4-12-10(11)7-13(17)23-12/h5-8,11H,2-4H2,1H3,(H,20,22)/t11-/m1/s1. The van der Waals surface area contributed by atoms with Gasteiger partial charge in [0.2, 0.25) is 0 Å². The van der Waals surface area contributed by atoms with E-state index in [1.54, 1.807) is 29.9 Å². The summed E-state index contributed by atoms with van der Waals surface area (Å²) in [6.45, 7) is 0. The molecular weight excluding hydrogens is 332 g/mol. The molecule has 0 radical (unpaired) electrons. The van der Waals surface area contributed by atoms with Gasteiger partial charge in [0.1, 0.15) is 5.52 Å². The minimum atomic E-state index is -0.115. The molecule has 1 amide bonds. The number of hydrogen-bond acceptors (Lipinski definition) is 4. The molecule has 5 nitrogen and oxygen atoms in total. The SMILES string of the molecule is Cn1cnc2c(C(=O)N[C@@H]3CCCc4sc(Cl)cc43)ccnc21. The Morgan fingerprint density at radius 2 is 2.35 bits per heavy atom. The lowest BCUT2D eigenvalue weighted by atomic mass is 9.94. The Balaban J connectivity index is 1.65. The number of halogens is 1. The van der Waals surface area contributed by atoms with Crippen LogP contribution in [0, 0.1) is 0 Å². The van der Waals surface area contributed by atoms with Gasteiger partial charge in [-0.3, -0.25) is 4.79 Å². The molecule has 3 aromatic rings. The molecule has 3 aromatic heterocycles. The zero-order valence-corrected chi connectivity index (χ0v) is 14.1. The summed E-state index contributed by atoms with van der Waals surface area (Å²) in [6.07, 6.45) is 6.35. The second-order valence-electron chi connectivity index (χ2n) is 5.73. The number of aryl methyl sites for hydroxylation is 2. The minimum Gasteiger partial charge on any atom is -0.345 e. The molecule has 0 unspecified atom stereocenters. The number of pyridine rings is 1. The maximum Gasteiger partial charge on any atom is 0.254 e. The van der Waals surface area contributed by atoms with E-state index in [2.05, 4.69) is 15.3 Å². The number of hydrogen-bond donors (Lipinski definition) is 1. The number of carbonyl (C=O) groups excluding carboxylic acids is 1. The Morgan fingerprint density at radius 3 is 3.22 bits per heavy atom. The highest BCUT2D eigenvalue weighted by atomic mass is 35.5. The van der Waals surface area contributed by atoms with Gasteiger partial charge in [-0.2, -0.15) is 0 Å². The van der Waals surface area contributed by atoms with Crippen LogP contribution in [-0.2, 0) is 13.5 Å². The third kappa shape index (κ3) is 2.52. The number of imidazole rings is 1. The first-order valence-electron chi connectivity index (χ1n) is 7.48. The van der Waals surface area contributed by atoms with E-state index in [9.17, 15) is 4.79 Å². The number of amides is 1. The molecular formula is C16H15ClN4OS. The number of thiophene rings is 1. The van der Waals surface area contributed by atoms with E-state index < -0.39 is 0 Å². The first-order valence-corrected chi connectivity index (χ1v) is 8.68. The third-order valence-electron chi connectivity index (χ3n) is 4.23. The van der Waals surface area contributed by atoms with Crippen molar-refractivity contribution >= 4 is 40.0 Å². The molecule has 0 fully saturated rings. The molecule has 1 atom stereocenters. The van der Waals surface area contributed by atoms with Crippen LogP contribution in [0.4, 0.5) is 0 Å². The van der Waals surface area contributed by atoms with Crippen LogP contribution >= 0.6 is 22.9 Å². The molecule has 0 saturated carbocycles. The summed E-state index contributed by atoms with van der Waals surface area (Å²) in [5.74, 6) is -0.115. The Hall–Kier alpha value is -1.92. The van der Waals surface area contributed by atoms with E-state index in [-0.39, 0.29) is 11.9 Å². The Morgan fingerprint density at radius 1 is 1.48 bits per heavy atom. The maximum atomic E-state index is 12.7. The highest BCUT2D eigenvalue weighted by Crippen LogP contribution is 2.38. The zero-order valence-electron chi connectivity index (χ0n) is 12.5. The second kappa shape index (κ2) is 5.62. The van der Waals surface area contributed by atoms with Gasteiger partial charge >= 0.3 is 0 Å². The summed E-state index contributed by atoms with van der Waals surface area (Å²) in [4.78, 5) is 22.6. The van der Waals surface area contributed by atoms with Crippen LogP contribution in [0.25, 0.3) is 11.2 Å². The van der Waals surface area contributed by atoms with Crippen molar-refractivity contribution in [3.05, 3.63) is 45.0 Å². The fraction of sp³-hybridized carbons (Fsp3) is 0.312. The Bertz CT molecular complexity index is 901. The summed E-state index contributed by atoms with van der Waals surface area (Å²) >= 11 is 7.75. The topological polar surface area (TPSA) is 59.8 Å². The smallest absolute Gasteiger partial charge is 0.254 e. The summed E-state index contributed by atoms with van der Waals surface area (Å²) < 4.78 is 2.59. The fourth-order valence-corrected chi connectivity index (χ4v) is 4.50. The van der Waals surface area contributed by atoms with E-state index >= 15 is 0 Å². The van der Waals surface area contributed by atoms with Crippen LogP contribution in [0.15, 0.2) is 24.7 Å². The summed E-state index contributed by atoms with van der Waals surface area (Å²) in [5, 5.41) is 3.14. The number of nitrogens with zero attached hydrogens (tertiary/aromatic N) is 3. The fourth-order valence-electron chi connectivity index (χ4n) is 3.12. The quantitative estimate of drug-likeness (QED) is 0.772. The monoisotopic (exact) mass is 346 g/mol. The number of carbonyl (C=O) groups is 1. The second-order valence-corrected chi connectivity index (χ2v) is 7.50. The van der Waals surface area contributed by atoms with Gasteiger partial charge in [-0.05, 0) is 37.0 Å². The van der Waals surface area contributed by atoms with Crippen molar-refractivity contribution in [2.45, 2.75) is 25.3 Å². The molecule has 0 saturated heterocycles. The summed E-state index contributed by atoms with van der Waals surface area (Å²) in [7, 11) is 1.87. The van der Waals surface area contributed by atoms with Crippen LogP contribution < -0.4 is 5.32 Å². The Labute approximate surface area is 142 Å². The van der Waals surface area contributed by atoms with Gasteiger partial charge in [-0.15, -0.1) is 11.3 Å². The molecule has 1 aliphatic rings. The number of rotatable bonds is 2. The van der Waals surface area contributed by atoms with Gasteiger partial charge in [0.15, 0.2) is 5.65 Å². The van der Waals surface area contributed by atoms with E-state index in [0.717, 1.165) is 29.2 Å². The average Bonchev–Trinajstić information content (AvgIpc) is 3.10. The first kappa shape index (κ1) is 14.7. The predicted octanol–water partition coefficient (Wildman–Crippen LogP) is 3.49. The average molecular weight is 347 g/mol. The van der Waals surface area contributed by atoms with Crippen molar-refractivity contribution < 1.29 is 4.79 Å². The first-order chi connectivity index (χ1) is 11.1. The molecule has 0 bridgehead atoms. The van der Waals surface area contributed by atoms with Crippen LogP contribution in [0.5, 0.6) is 0 Å². The molecule has 7 heteroatoms. The third-order valence-corrected chi connectivity index (χ3v) is 5.57. The molecule has 0 aromatic carbocycles. The Kier molecular flexibility index (Phi) is 3.58. The van der Waals surface area contributed by atoms with Crippen molar-refractivity contribution in [1.29, 1.82) is 0 Å². The van der Waals surface area contributed by atoms with Gasteiger partial charge < -0.3 is 9.88 Å². The zero-order chi connectivity index (χ0) is 16.0. The molecule has 3 heterocycles. The van der Waals surface area contributed by atoms with E-state index in [1.807, 2.05) is 17.7 Å². The van der Waals surface area contributed by atoms with Crippen LogP contribution in [-0.4, -0.2) is 20.4 Å². The minimum absolute atomic E-state index is 0.0157. The number of fused-ring (bicyclic) bond motifs is 2. The van der Waals surface area contributed by atoms with Crippen molar-refractivity contribution in [2.75, 3.05) is 0 Å². The van der Waals surface area contributed by atoms with E-state index in [1.165, 1.54) is 4.88 Å². The summed E-state index contributed by atoms with van der Waals surface area (Å²) in [5.41, 5.74) is 3.06. The van der Waals surface area contributed by atoms with Crippen LogP contribution in [0.2, 0.25) is 4.34 Å². The van der Waals surface area contributed by atoms with Gasteiger partial charge in [0.05, 0.1) is 22.3 Å². The van der Waals surface area contributed by atoms with E-state index in [0.29, 0.717) is 16.7 Å².